The Morgan fingerprint density at radius 2 is 1.88 bits per heavy atom. The summed E-state index contributed by atoms with van der Waals surface area (Å²) in [7, 11) is 0. The number of hydrogen-bond acceptors (Lipinski definition) is 5. The predicted octanol–water partition coefficient (Wildman–Crippen LogP) is 2.24. The lowest BCUT2D eigenvalue weighted by molar-refractivity contribution is -0.384. The number of anilines is 1. The van der Waals surface area contributed by atoms with Gasteiger partial charge in [-0.3, -0.25) is 14.9 Å². The lowest BCUT2D eigenvalue weighted by Gasteiger charge is -2.07. The minimum Gasteiger partial charge on any atom is -0.482 e. The number of non-ortho nitro benzene ring substituents is 1. The van der Waals surface area contributed by atoms with E-state index in [9.17, 15) is 19.7 Å². The van der Waals surface area contributed by atoms with Crippen molar-refractivity contribution < 1.29 is 24.4 Å². The minimum atomic E-state index is -1.07. The second-order valence-electron chi connectivity index (χ2n) is 4.86. The molecular formula is C16H14N2O6. The molecule has 8 heteroatoms. The number of carbonyl (C=O) groups is 2. The molecule has 1 amide bonds. The number of rotatable bonds is 7. The maximum Gasteiger partial charge on any atom is 0.341 e. The van der Waals surface area contributed by atoms with Crippen molar-refractivity contribution in [3.05, 3.63) is 64.2 Å². The van der Waals surface area contributed by atoms with Gasteiger partial charge in [0.15, 0.2) is 6.61 Å². The van der Waals surface area contributed by atoms with Gasteiger partial charge in [0.25, 0.3) is 5.69 Å². The molecule has 8 nitrogen and oxygen atoms in total. The van der Waals surface area contributed by atoms with Crippen LogP contribution in [0.15, 0.2) is 48.5 Å². The molecule has 2 rings (SSSR count). The number of aliphatic carboxylic acids is 1. The molecule has 0 saturated carbocycles. The second kappa shape index (κ2) is 7.73. The standard InChI is InChI=1S/C16H14N2O6/c19-15(17-12-2-1-3-13(9-12)18(22)23)8-11-4-6-14(7-5-11)24-10-16(20)21/h1-7,9H,8,10H2,(H,17,19)(H,20,21). The summed E-state index contributed by atoms with van der Waals surface area (Å²) in [6.45, 7) is -0.438. The van der Waals surface area contributed by atoms with Gasteiger partial charge in [-0.2, -0.15) is 0 Å². The van der Waals surface area contributed by atoms with Gasteiger partial charge in [0.1, 0.15) is 5.75 Å². The average Bonchev–Trinajstić information content (AvgIpc) is 2.54. The average molecular weight is 330 g/mol. The van der Waals surface area contributed by atoms with E-state index in [1.807, 2.05) is 0 Å². The van der Waals surface area contributed by atoms with Crippen molar-refractivity contribution in [1.82, 2.24) is 0 Å². The van der Waals surface area contributed by atoms with Crippen molar-refractivity contribution >= 4 is 23.3 Å². The summed E-state index contributed by atoms with van der Waals surface area (Å²) >= 11 is 0. The number of carbonyl (C=O) groups excluding carboxylic acids is 1. The van der Waals surface area contributed by atoms with Gasteiger partial charge in [0.05, 0.1) is 11.3 Å². The molecule has 0 fully saturated rings. The molecule has 0 aliphatic rings. The van der Waals surface area contributed by atoms with Crippen LogP contribution in [0, 0.1) is 10.1 Å². The number of benzene rings is 2. The highest BCUT2D eigenvalue weighted by molar-refractivity contribution is 5.92. The fourth-order valence-electron chi connectivity index (χ4n) is 1.94. The van der Waals surface area contributed by atoms with E-state index in [1.165, 1.54) is 18.2 Å². The Bertz CT molecular complexity index is 757. The number of nitrogens with one attached hydrogen (secondary N) is 1. The first-order valence-corrected chi connectivity index (χ1v) is 6.92. The van der Waals surface area contributed by atoms with Crippen LogP contribution in [0.5, 0.6) is 5.75 Å². The van der Waals surface area contributed by atoms with E-state index in [2.05, 4.69) is 5.32 Å². The molecule has 0 bridgehead atoms. The molecule has 2 aromatic rings. The molecule has 0 radical (unpaired) electrons. The summed E-state index contributed by atoms with van der Waals surface area (Å²) in [4.78, 5) is 32.5. The fraction of sp³-hybridized carbons (Fsp3) is 0.125. The van der Waals surface area contributed by atoms with Gasteiger partial charge in [-0.25, -0.2) is 4.79 Å². The molecule has 2 N–H and O–H groups in total. The maximum atomic E-state index is 12.0. The van der Waals surface area contributed by atoms with Crippen LogP contribution in [-0.2, 0) is 16.0 Å². The Kier molecular flexibility index (Phi) is 5.45. The van der Waals surface area contributed by atoms with E-state index in [4.69, 9.17) is 9.84 Å². The highest BCUT2D eigenvalue weighted by Gasteiger charge is 2.09. The van der Waals surface area contributed by atoms with Crippen LogP contribution < -0.4 is 10.1 Å². The van der Waals surface area contributed by atoms with E-state index < -0.39 is 17.5 Å². The topological polar surface area (TPSA) is 119 Å². The van der Waals surface area contributed by atoms with Gasteiger partial charge in [0, 0.05) is 17.8 Å². The second-order valence-corrected chi connectivity index (χ2v) is 4.86. The molecule has 0 saturated heterocycles. The van der Waals surface area contributed by atoms with E-state index in [0.29, 0.717) is 17.0 Å². The Morgan fingerprint density at radius 3 is 2.50 bits per heavy atom. The van der Waals surface area contributed by atoms with Crippen molar-refractivity contribution in [3.8, 4) is 5.75 Å². The summed E-state index contributed by atoms with van der Waals surface area (Å²) in [6, 6.07) is 12.1. The highest BCUT2D eigenvalue weighted by Crippen LogP contribution is 2.18. The number of amides is 1. The van der Waals surface area contributed by atoms with Gasteiger partial charge in [-0.05, 0) is 23.8 Å². The van der Waals surface area contributed by atoms with Crippen LogP contribution in [-0.4, -0.2) is 28.5 Å². The number of ether oxygens (including phenoxy) is 1. The molecule has 0 aliphatic carbocycles. The summed E-state index contributed by atoms with van der Waals surface area (Å²) in [5.41, 5.74) is 0.934. The molecule has 2 aromatic carbocycles. The molecule has 0 atom stereocenters. The Hall–Kier alpha value is -3.42. The van der Waals surface area contributed by atoms with E-state index in [0.717, 1.165) is 0 Å². The molecule has 124 valence electrons. The maximum absolute atomic E-state index is 12.0. The predicted molar refractivity (Wildman–Crippen MR) is 85.0 cm³/mol. The molecular weight excluding hydrogens is 316 g/mol. The summed E-state index contributed by atoms with van der Waals surface area (Å²) < 4.78 is 4.99. The summed E-state index contributed by atoms with van der Waals surface area (Å²) in [6.07, 6.45) is 0.0713. The number of nitrogens with zero attached hydrogens (tertiary/aromatic N) is 1. The molecule has 24 heavy (non-hydrogen) atoms. The molecule has 0 aliphatic heterocycles. The fourth-order valence-corrected chi connectivity index (χ4v) is 1.94. The van der Waals surface area contributed by atoms with Gasteiger partial charge in [0.2, 0.25) is 5.91 Å². The third-order valence-electron chi connectivity index (χ3n) is 2.99. The van der Waals surface area contributed by atoms with Gasteiger partial charge < -0.3 is 15.2 Å². The van der Waals surface area contributed by atoms with Crippen molar-refractivity contribution in [1.29, 1.82) is 0 Å². The van der Waals surface area contributed by atoms with E-state index >= 15 is 0 Å². The van der Waals surface area contributed by atoms with E-state index in [-0.39, 0.29) is 18.0 Å². The number of nitro groups is 1. The van der Waals surface area contributed by atoms with Gasteiger partial charge in [-0.15, -0.1) is 0 Å². The first-order valence-electron chi connectivity index (χ1n) is 6.92. The van der Waals surface area contributed by atoms with E-state index in [1.54, 1.807) is 30.3 Å². The van der Waals surface area contributed by atoms with Crippen LogP contribution in [0.25, 0.3) is 0 Å². The van der Waals surface area contributed by atoms with Crippen molar-refractivity contribution in [3.63, 3.8) is 0 Å². The quantitative estimate of drug-likeness (QED) is 0.593. The lowest BCUT2D eigenvalue weighted by Crippen LogP contribution is -2.14. The zero-order chi connectivity index (χ0) is 17.5. The third kappa shape index (κ3) is 5.09. The Labute approximate surface area is 136 Å². The minimum absolute atomic E-state index is 0.0713. The first-order chi connectivity index (χ1) is 11.4. The number of carboxylic acids is 1. The SMILES string of the molecule is O=C(O)COc1ccc(CC(=O)Nc2cccc([N+](=O)[O-])c2)cc1. The monoisotopic (exact) mass is 330 g/mol. The normalized spacial score (nSPS) is 10.0. The zero-order valence-electron chi connectivity index (χ0n) is 12.5. The Morgan fingerprint density at radius 1 is 1.17 bits per heavy atom. The smallest absolute Gasteiger partial charge is 0.341 e. The molecule has 0 aromatic heterocycles. The number of nitro benzene ring substituents is 1. The van der Waals surface area contributed by atoms with Crippen LogP contribution in [0.2, 0.25) is 0 Å². The summed E-state index contributed by atoms with van der Waals surface area (Å²) in [5, 5.41) is 21.8. The van der Waals surface area contributed by atoms with Gasteiger partial charge in [-0.1, -0.05) is 18.2 Å². The third-order valence-corrected chi connectivity index (χ3v) is 2.99. The highest BCUT2D eigenvalue weighted by atomic mass is 16.6. The van der Waals surface area contributed by atoms with Crippen LogP contribution in [0.1, 0.15) is 5.56 Å². The van der Waals surface area contributed by atoms with Crippen LogP contribution in [0.4, 0.5) is 11.4 Å². The largest absolute Gasteiger partial charge is 0.482 e. The Balaban J connectivity index is 1.93. The van der Waals surface area contributed by atoms with Crippen LogP contribution in [0.3, 0.4) is 0 Å². The first kappa shape index (κ1) is 16.9. The zero-order valence-corrected chi connectivity index (χ0v) is 12.5. The number of hydrogen-bond donors (Lipinski definition) is 2. The summed E-state index contributed by atoms with van der Waals surface area (Å²) in [5.74, 6) is -1.01. The molecule has 0 spiro atoms. The van der Waals surface area contributed by atoms with Crippen molar-refractivity contribution in [2.45, 2.75) is 6.42 Å². The van der Waals surface area contributed by atoms with Gasteiger partial charge >= 0.3 is 5.97 Å². The van der Waals surface area contributed by atoms with Crippen molar-refractivity contribution in [2.24, 2.45) is 0 Å². The molecule has 0 unspecified atom stereocenters. The van der Waals surface area contributed by atoms with Crippen molar-refractivity contribution in [2.75, 3.05) is 11.9 Å². The molecule has 0 heterocycles. The van der Waals surface area contributed by atoms with Crippen LogP contribution >= 0.6 is 0 Å². The lowest BCUT2D eigenvalue weighted by atomic mass is 10.1. The number of carboxylic acid groups (broad SMARTS) is 1.